The first-order chi connectivity index (χ1) is 6.72. The van der Waals surface area contributed by atoms with Crippen LogP contribution in [0.4, 0.5) is 0 Å². The van der Waals surface area contributed by atoms with Crippen LogP contribution in [0.2, 0.25) is 0 Å². The summed E-state index contributed by atoms with van der Waals surface area (Å²) in [6.07, 6.45) is 2.06. The number of hydrogen-bond acceptors (Lipinski definition) is 3. The SMILES string of the molecule is C=CC(C)(OC(C)(C=C)C(=O)O)C(=O)O. The van der Waals surface area contributed by atoms with Crippen molar-refractivity contribution in [2.75, 3.05) is 0 Å². The van der Waals surface area contributed by atoms with Crippen molar-refractivity contribution >= 4 is 11.9 Å². The normalized spacial score (nSPS) is 18.3. The molecule has 15 heavy (non-hydrogen) atoms. The van der Waals surface area contributed by atoms with E-state index in [-0.39, 0.29) is 0 Å². The Labute approximate surface area is 87.7 Å². The molecule has 2 N–H and O–H groups in total. The Morgan fingerprint density at radius 2 is 1.33 bits per heavy atom. The Kier molecular flexibility index (Phi) is 3.81. The van der Waals surface area contributed by atoms with Gasteiger partial charge in [0.15, 0.2) is 11.2 Å². The van der Waals surface area contributed by atoms with E-state index in [4.69, 9.17) is 14.9 Å². The second-order valence-corrected chi connectivity index (χ2v) is 3.33. The quantitative estimate of drug-likeness (QED) is 0.646. The third kappa shape index (κ3) is 2.66. The minimum atomic E-state index is -1.76. The maximum atomic E-state index is 10.8. The zero-order valence-corrected chi connectivity index (χ0v) is 8.69. The van der Waals surface area contributed by atoms with E-state index in [1.54, 1.807) is 0 Å². The van der Waals surface area contributed by atoms with Crippen LogP contribution in [0.25, 0.3) is 0 Å². The first-order valence-electron chi connectivity index (χ1n) is 4.16. The molecular formula is C10H14O5. The summed E-state index contributed by atoms with van der Waals surface area (Å²) in [4.78, 5) is 21.7. The van der Waals surface area contributed by atoms with Gasteiger partial charge in [-0.3, -0.25) is 0 Å². The molecule has 0 aromatic heterocycles. The molecule has 0 heterocycles. The predicted octanol–water partition coefficient (Wildman–Crippen LogP) is 1.06. The van der Waals surface area contributed by atoms with Crippen LogP contribution in [-0.4, -0.2) is 33.4 Å². The summed E-state index contributed by atoms with van der Waals surface area (Å²) >= 11 is 0. The molecule has 0 saturated carbocycles. The van der Waals surface area contributed by atoms with Gasteiger partial charge in [-0.2, -0.15) is 0 Å². The summed E-state index contributed by atoms with van der Waals surface area (Å²) in [5.41, 5.74) is -3.53. The Hall–Kier alpha value is -1.62. The number of rotatable bonds is 6. The monoisotopic (exact) mass is 214 g/mol. The van der Waals surface area contributed by atoms with Crippen LogP contribution in [-0.2, 0) is 14.3 Å². The van der Waals surface area contributed by atoms with Crippen LogP contribution in [0.15, 0.2) is 25.3 Å². The minimum absolute atomic E-state index is 1.03. The van der Waals surface area contributed by atoms with Crippen molar-refractivity contribution in [1.29, 1.82) is 0 Å². The first kappa shape index (κ1) is 13.4. The van der Waals surface area contributed by atoms with Crippen LogP contribution in [0.3, 0.4) is 0 Å². The summed E-state index contributed by atoms with van der Waals surface area (Å²) < 4.78 is 5.01. The van der Waals surface area contributed by atoms with Gasteiger partial charge in [0.1, 0.15) is 0 Å². The summed E-state index contributed by atoms with van der Waals surface area (Å²) in [5.74, 6) is -2.63. The molecule has 0 aliphatic heterocycles. The van der Waals surface area contributed by atoms with Gasteiger partial charge < -0.3 is 14.9 Å². The van der Waals surface area contributed by atoms with E-state index in [0.29, 0.717) is 0 Å². The van der Waals surface area contributed by atoms with E-state index >= 15 is 0 Å². The summed E-state index contributed by atoms with van der Waals surface area (Å²) in [7, 11) is 0. The molecule has 0 spiro atoms. The fraction of sp³-hybridized carbons (Fsp3) is 0.400. The van der Waals surface area contributed by atoms with Gasteiger partial charge in [0.25, 0.3) is 0 Å². The molecule has 0 bridgehead atoms. The molecule has 0 aliphatic rings. The second-order valence-electron chi connectivity index (χ2n) is 3.33. The molecule has 84 valence electrons. The van der Waals surface area contributed by atoms with Crippen LogP contribution < -0.4 is 0 Å². The molecule has 5 heteroatoms. The molecule has 2 atom stereocenters. The molecule has 0 saturated heterocycles. The fourth-order valence-electron chi connectivity index (χ4n) is 0.786. The predicted molar refractivity (Wildman–Crippen MR) is 53.6 cm³/mol. The summed E-state index contributed by atoms with van der Waals surface area (Å²) in [6.45, 7) is 9.03. The lowest BCUT2D eigenvalue weighted by Gasteiger charge is -2.30. The lowest BCUT2D eigenvalue weighted by molar-refractivity contribution is -0.182. The van der Waals surface area contributed by atoms with Crippen LogP contribution in [0.5, 0.6) is 0 Å². The standard InChI is InChI=1S/C10H14O5/c1-5-9(3,7(11)12)15-10(4,6-2)8(13)14/h5-6H,1-2H2,3-4H3,(H,11,12)(H,13,14). The lowest BCUT2D eigenvalue weighted by atomic mass is 10.0. The van der Waals surface area contributed by atoms with E-state index in [1.165, 1.54) is 13.8 Å². The smallest absolute Gasteiger partial charge is 0.339 e. The zero-order chi connectivity index (χ0) is 12.3. The molecule has 2 unspecified atom stereocenters. The second kappa shape index (κ2) is 4.27. The first-order valence-corrected chi connectivity index (χ1v) is 4.16. The maximum absolute atomic E-state index is 10.8. The summed E-state index contributed by atoms with van der Waals surface area (Å²) in [6, 6.07) is 0. The van der Waals surface area contributed by atoms with E-state index < -0.39 is 23.1 Å². The molecular weight excluding hydrogens is 200 g/mol. The molecule has 0 radical (unpaired) electrons. The lowest BCUT2D eigenvalue weighted by Crippen LogP contribution is -2.48. The molecule has 0 aliphatic carbocycles. The van der Waals surface area contributed by atoms with Gasteiger partial charge in [0.05, 0.1) is 0 Å². The van der Waals surface area contributed by atoms with Gasteiger partial charge in [-0.25, -0.2) is 9.59 Å². The van der Waals surface area contributed by atoms with Crippen molar-refractivity contribution < 1.29 is 24.5 Å². The summed E-state index contributed by atoms with van der Waals surface area (Å²) in [5, 5.41) is 17.7. The minimum Gasteiger partial charge on any atom is -0.479 e. The van der Waals surface area contributed by atoms with Gasteiger partial charge in [-0.15, -0.1) is 0 Å². The zero-order valence-electron chi connectivity index (χ0n) is 8.69. The van der Waals surface area contributed by atoms with Crippen molar-refractivity contribution in [3.05, 3.63) is 25.3 Å². The largest absolute Gasteiger partial charge is 0.479 e. The molecule has 0 rings (SSSR count). The number of hydrogen-bond donors (Lipinski definition) is 2. The molecule has 0 aromatic carbocycles. The highest BCUT2D eigenvalue weighted by Gasteiger charge is 2.42. The van der Waals surface area contributed by atoms with Gasteiger partial charge in [-0.1, -0.05) is 13.2 Å². The van der Waals surface area contributed by atoms with E-state index in [9.17, 15) is 9.59 Å². The highest BCUT2D eigenvalue weighted by Crippen LogP contribution is 2.23. The number of carbonyl (C=O) groups is 2. The van der Waals surface area contributed by atoms with Crippen molar-refractivity contribution in [2.24, 2.45) is 0 Å². The van der Waals surface area contributed by atoms with Gasteiger partial charge in [-0.05, 0) is 26.0 Å². The highest BCUT2D eigenvalue weighted by molar-refractivity contribution is 5.83. The average Bonchev–Trinajstić information content (AvgIpc) is 2.16. The fourth-order valence-corrected chi connectivity index (χ4v) is 0.786. The van der Waals surface area contributed by atoms with Crippen molar-refractivity contribution in [3.8, 4) is 0 Å². The van der Waals surface area contributed by atoms with Crippen molar-refractivity contribution in [3.63, 3.8) is 0 Å². The average molecular weight is 214 g/mol. The van der Waals surface area contributed by atoms with Gasteiger partial charge >= 0.3 is 11.9 Å². The number of aliphatic carboxylic acids is 2. The van der Waals surface area contributed by atoms with Crippen LogP contribution in [0.1, 0.15) is 13.8 Å². The number of carboxylic acid groups (broad SMARTS) is 2. The Balaban J connectivity index is 5.13. The number of carboxylic acids is 2. The van der Waals surface area contributed by atoms with E-state index in [2.05, 4.69) is 13.2 Å². The molecule has 0 aromatic rings. The third-order valence-electron chi connectivity index (χ3n) is 2.05. The topological polar surface area (TPSA) is 83.8 Å². The van der Waals surface area contributed by atoms with E-state index in [0.717, 1.165) is 12.2 Å². The Bertz CT molecular complexity index is 279. The number of ether oxygens (including phenoxy) is 1. The van der Waals surface area contributed by atoms with E-state index in [1.807, 2.05) is 0 Å². The van der Waals surface area contributed by atoms with Crippen LogP contribution >= 0.6 is 0 Å². The molecule has 5 nitrogen and oxygen atoms in total. The van der Waals surface area contributed by atoms with Crippen LogP contribution in [0, 0.1) is 0 Å². The van der Waals surface area contributed by atoms with Crippen molar-refractivity contribution in [2.45, 2.75) is 25.0 Å². The third-order valence-corrected chi connectivity index (χ3v) is 2.05. The highest BCUT2D eigenvalue weighted by atomic mass is 16.6. The van der Waals surface area contributed by atoms with Gasteiger partial charge in [0.2, 0.25) is 0 Å². The molecule has 0 amide bonds. The maximum Gasteiger partial charge on any atom is 0.339 e. The van der Waals surface area contributed by atoms with Gasteiger partial charge in [0, 0.05) is 0 Å². The Morgan fingerprint density at radius 3 is 1.47 bits per heavy atom. The molecule has 0 fully saturated rings. The Morgan fingerprint density at radius 1 is 1.07 bits per heavy atom. The van der Waals surface area contributed by atoms with Crippen molar-refractivity contribution in [1.82, 2.24) is 0 Å².